The van der Waals surface area contributed by atoms with Crippen molar-refractivity contribution in [2.45, 2.75) is 19.3 Å². The van der Waals surface area contributed by atoms with Gasteiger partial charge in [-0.25, -0.2) is 18.3 Å². The number of H-pyrrole nitrogens is 1. The number of hydrogen-bond acceptors (Lipinski definition) is 5. The Hall–Kier alpha value is -2.10. The zero-order chi connectivity index (χ0) is 20.6. The largest absolute Gasteiger partial charge is 0.480 e. The number of fused-ring (bicyclic) bond motifs is 1. The van der Waals surface area contributed by atoms with Gasteiger partial charge in [0.25, 0.3) is 6.01 Å². The first-order chi connectivity index (χ1) is 13.1. The molecule has 3 rings (SSSR count). The number of benzene rings is 1. The number of aromatic hydroxyl groups is 1. The zero-order valence-corrected chi connectivity index (χ0v) is 16.0. The Morgan fingerprint density at radius 2 is 2.00 bits per heavy atom. The van der Waals surface area contributed by atoms with Crippen LogP contribution in [0.5, 0.6) is 6.01 Å². The molecule has 2 aromatic heterocycles. The minimum Gasteiger partial charge on any atom is -0.480 e. The van der Waals surface area contributed by atoms with E-state index in [1.54, 1.807) is 6.92 Å². The van der Waals surface area contributed by atoms with E-state index >= 15 is 0 Å². The molecule has 0 spiro atoms. The van der Waals surface area contributed by atoms with Crippen molar-refractivity contribution in [3.8, 4) is 17.1 Å². The molecule has 0 saturated carbocycles. The lowest BCUT2D eigenvalue weighted by Gasteiger charge is -2.18. The number of imidazole rings is 1. The summed E-state index contributed by atoms with van der Waals surface area (Å²) >= 11 is 6.49. The molecule has 0 aliphatic carbocycles. The fourth-order valence-corrected chi connectivity index (χ4v) is 3.55. The number of nitrogens with one attached hydrogen (secondary N) is 1. The van der Waals surface area contributed by atoms with E-state index in [0.29, 0.717) is 6.42 Å². The zero-order valence-electron chi connectivity index (χ0n) is 14.4. The molecule has 0 aliphatic heterocycles. The van der Waals surface area contributed by atoms with Crippen molar-refractivity contribution in [1.29, 1.82) is 0 Å². The monoisotopic (exact) mass is 433 g/mol. The highest BCUT2D eigenvalue weighted by molar-refractivity contribution is 7.46. The number of phosphoric ester groups is 1. The highest BCUT2D eigenvalue weighted by Crippen LogP contribution is 2.42. The first-order valence-corrected chi connectivity index (χ1v) is 9.95. The van der Waals surface area contributed by atoms with E-state index in [1.165, 1.54) is 6.07 Å². The van der Waals surface area contributed by atoms with E-state index in [0.717, 1.165) is 12.1 Å². The molecule has 0 radical (unpaired) electrons. The van der Waals surface area contributed by atoms with Crippen molar-refractivity contribution >= 4 is 30.6 Å². The molecule has 0 bridgehead atoms. The molecule has 0 amide bonds. The predicted octanol–water partition coefficient (Wildman–Crippen LogP) is 3.87. The second kappa shape index (κ2) is 7.73. The van der Waals surface area contributed by atoms with Gasteiger partial charge in [0.15, 0.2) is 17.3 Å². The second-order valence-electron chi connectivity index (χ2n) is 5.97. The van der Waals surface area contributed by atoms with Gasteiger partial charge >= 0.3 is 7.82 Å². The maximum Gasteiger partial charge on any atom is 0.469 e. The highest BCUT2D eigenvalue weighted by Gasteiger charge is 2.26. The van der Waals surface area contributed by atoms with Crippen molar-refractivity contribution in [3.05, 3.63) is 40.6 Å². The number of phosphoric acid groups is 1. The van der Waals surface area contributed by atoms with Crippen LogP contribution in [0.3, 0.4) is 0 Å². The number of aromatic nitrogens is 3. The van der Waals surface area contributed by atoms with Crippen LogP contribution in [0.25, 0.3) is 22.3 Å². The Bertz CT molecular complexity index is 1090. The van der Waals surface area contributed by atoms with Gasteiger partial charge < -0.3 is 19.9 Å². The Balaban J connectivity index is 2.20. The van der Waals surface area contributed by atoms with E-state index in [-0.39, 0.29) is 39.6 Å². The third kappa shape index (κ3) is 4.16. The molecule has 2 heterocycles. The van der Waals surface area contributed by atoms with Crippen molar-refractivity contribution in [2.75, 3.05) is 6.61 Å². The molecule has 0 saturated heterocycles. The van der Waals surface area contributed by atoms with E-state index < -0.39 is 31.4 Å². The van der Waals surface area contributed by atoms with Crippen LogP contribution in [-0.2, 0) is 9.09 Å². The first-order valence-electron chi connectivity index (χ1n) is 8.04. The van der Waals surface area contributed by atoms with E-state index in [1.807, 2.05) is 0 Å². The average Bonchev–Trinajstić information content (AvgIpc) is 2.97. The smallest absolute Gasteiger partial charge is 0.469 e. The number of rotatable bonds is 6. The molecule has 4 N–H and O–H groups in total. The van der Waals surface area contributed by atoms with Gasteiger partial charge in [0.05, 0.1) is 22.8 Å². The fourth-order valence-electron chi connectivity index (χ4n) is 2.78. The maximum atomic E-state index is 13.8. The number of hydrogen-bond donors (Lipinski definition) is 4. The first kappa shape index (κ1) is 20.6. The van der Waals surface area contributed by atoms with Crippen LogP contribution in [0.1, 0.15) is 25.0 Å². The minimum absolute atomic E-state index is 0.0309. The van der Waals surface area contributed by atoms with Crippen LogP contribution in [-0.4, -0.2) is 36.5 Å². The van der Waals surface area contributed by atoms with Crippen LogP contribution in [0, 0.1) is 11.6 Å². The van der Waals surface area contributed by atoms with Crippen molar-refractivity contribution in [2.24, 2.45) is 0 Å². The highest BCUT2D eigenvalue weighted by atomic mass is 35.5. The molecule has 150 valence electrons. The minimum atomic E-state index is -4.72. The van der Waals surface area contributed by atoms with Crippen molar-refractivity contribution in [1.82, 2.24) is 15.0 Å². The molecular formula is C16H15ClF2N3O5P. The average molecular weight is 434 g/mol. The van der Waals surface area contributed by atoms with Gasteiger partial charge in [-0.15, -0.1) is 0 Å². The van der Waals surface area contributed by atoms with Gasteiger partial charge in [-0.2, -0.15) is 4.98 Å². The summed E-state index contributed by atoms with van der Waals surface area (Å²) in [5.74, 6) is -2.77. The van der Waals surface area contributed by atoms with Gasteiger partial charge in [0.2, 0.25) is 0 Å². The summed E-state index contributed by atoms with van der Waals surface area (Å²) in [6, 6.07) is 2.70. The molecular weight excluding hydrogens is 419 g/mol. The lowest BCUT2D eigenvalue weighted by molar-refractivity contribution is 0.183. The lowest BCUT2D eigenvalue weighted by atomic mass is 9.97. The molecule has 12 heteroatoms. The molecule has 8 nitrogen and oxygen atoms in total. The van der Waals surface area contributed by atoms with Crippen molar-refractivity contribution in [3.63, 3.8) is 0 Å². The lowest BCUT2D eigenvalue weighted by Crippen LogP contribution is -2.10. The number of halogens is 3. The molecule has 28 heavy (non-hydrogen) atoms. The summed E-state index contributed by atoms with van der Waals surface area (Å²) < 4.78 is 42.7. The summed E-state index contributed by atoms with van der Waals surface area (Å²) in [4.78, 5) is 28.6. The predicted molar refractivity (Wildman–Crippen MR) is 96.9 cm³/mol. The Morgan fingerprint density at radius 1 is 1.29 bits per heavy atom. The van der Waals surface area contributed by atoms with Crippen LogP contribution < -0.4 is 0 Å². The van der Waals surface area contributed by atoms with Gasteiger partial charge in [0.1, 0.15) is 0 Å². The molecule has 0 aliphatic rings. The summed E-state index contributed by atoms with van der Waals surface area (Å²) in [5, 5.41) is 9.73. The van der Waals surface area contributed by atoms with E-state index in [4.69, 9.17) is 21.4 Å². The third-order valence-electron chi connectivity index (χ3n) is 4.12. The van der Waals surface area contributed by atoms with Crippen molar-refractivity contribution < 1.29 is 32.8 Å². The van der Waals surface area contributed by atoms with E-state index in [9.17, 15) is 18.5 Å². The Morgan fingerprint density at radius 3 is 2.61 bits per heavy atom. The van der Waals surface area contributed by atoms with Gasteiger partial charge in [-0.05, 0) is 24.1 Å². The summed E-state index contributed by atoms with van der Waals surface area (Å²) in [6.45, 7) is 1.35. The summed E-state index contributed by atoms with van der Waals surface area (Å²) in [5.41, 5.74) is 0.848. The second-order valence-corrected chi connectivity index (χ2v) is 7.58. The number of aromatic amines is 1. The molecule has 1 atom stereocenters. The summed E-state index contributed by atoms with van der Waals surface area (Å²) in [6.07, 6.45) is 0.353. The van der Waals surface area contributed by atoms with Crippen LogP contribution in [0.15, 0.2) is 18.2 Å². The van der Waals surface area contributed by atoms with E-state index in [2.05, 4.69) is 19.5 Å². The van der Waals surface area contributed by atoms with Crippen LogP contribution in [0.2, 0.25) is 5.02 Å². The van der Waals surface area contributed by atoms with Gasteiger partial charge in [0, 0.05) is 11.5 Å². The topological polar surface area (TPSA) is 129 Å². The Labute approximate surface area is 162 Å². The fraction of sp³-hybridized carbons (Fsp3) is 0.250. The molecule has 3 aromatic rings. The molecule has 1 unspecified atom stereocenters. The molecule has 1 aromatic carbocycles. The normalized spacial score (nSPS) is 13.2. The Kier molecular flexibility index (Phi) is 5.69. The van der Waals surface area contributed by atoms with Gasteiger partial charge in [-0.1, -0.05) is 24.6 Å². The number of pyridine rings is 1. The quantitative estimate of drug-likeness (QED) is 0.434. The SMILES string of the molecule is CCC(COP(=O)(O)O)c1nc2nc(O)[nH]c2c(-c2ccc(F)c(F)c2)c1Cl. The van der Waals surface area contributed by atoms with Crippen LogP contribution >= 0.6 is 19.4 Å². The standard InChI is InChI=1S/C16H15ClF2N3O5P/c1-2-7(6-27-28(24,25)26)13-12(17)11(8-3-4-9(18)10(19)5-8)14-15(20-13)22-16(23)21-14/h3-5,7H,2,6H2,1H3,(H2,24,25,26)(H2,20,21,22,23). The maximum absolute atomic E-state index is 13.8. The molecule has 0 fully saturated rings. The van der Waals surface area contributed by atoms with Crippen LogP contribution in [0.4, 0.5) is 8.78 Å². The number of nitrogens with zero attached hydrogens (tertiary/aromatic N) is 2. The third-order valence-corrected chi connectivity index (χ3v) is 4.99. The summed E-state index contributed by atoms with van der Waals surface area (Å²) in [7, 11) is -4.72. The van der Waals surface area contributed by atoms with Gasteiger partial charge in [-0.3, -0.25) is 4.52 Å².